The van der Waals surface area contributed by atoms with Crippen LogP contribution in [0.4, 0.5) is 0 Å². The SMILES string of the molecule is NCc1ccc(OC2CCC2)c2ccccc12. The number of rotatable bonds is 3. The zero-order valence-electron chi connectivity index (χ0n) is 9.86. The van der Waals surface area contributed by atoms with E-state index in [4.69, 9.17) is 10.5 Å². The first kappa shape index (κ1) is 10.6. The molecule has 0 aliphatic heterocycles. The smallest absolute Gasteiger partial charge is 0.127 e. The molecule has 0 saturated heterocycles. The highest BCUT2D eigenvalue weighted by Crippen LogP contribution is 2.32. The first-order chi connectivity index (χ1) is 8.38. The number of fused-ring (bicyclic) bond motifs is 1. The van der Waals surface area contributed by atoms with E-state index in [0.717, 1.165) is 5.75 Å². The molecule has 2 nitrogen and oxygen atoms in total. The Morgan fingerprint density at radius 3 is 2.47 bits per heavy atom. The van der Waals surface area contributed by atoms with Gasteiger partial charge in [0.1, 0.15) is 5.75 Å². The maximum Gasteiger partial charge on any atom is 0.127 e. The van der Waals surface area contributed by atoms with Crippen molar-refractivity contribution >= 4 is 10.8 Å². The van der Waals surface area contributed by atoms with Crippen molar-refractivity contribution in [3.63, 3.8) is 0 Å². The topological polar surface area (TPSA) is 35.2 Å². The summed E-state index contributed by atoms with van der Waals surface area (Å²) >= 11 is 0. The molecule has 2 aromatic carbocycles. The van der Waals surface area contributed by atoms with Crippen molar-refractivity contribution in [2.75, 3.05) is 0 Å². The summed E-state index contributed by atoms with van der Waals surface area (Å²) in [6.45, 7) is 0.574. The Morgan fingerprint density at radius 1 is 1.06 bits per heavy atom. The van der Waals surface area contributed by atoms with Gasteiger partial charge in [-0.15, -0.1) is 0 Å². The van der Waals surface area contributed by atoms with E-state index in [-0.39, 0.29) is 0 Å². The number of nitrogens with two attached hydrogens (primary N) is 1. The van der Waals surface area contributed by atoms with E-state index in [0.29, 0.717) is 12.6 Å². The Kier molecular flexibility index (Phi) is 2.73. The fourth-order valence-electron chi connectivity index (χ4n) is 2.28. The molecular weight excluding hydrogens is 210 g/mol. The standard InChI is InChI=1S/C15H17NO/c16-10-11-8-9-15(17-12-4-3-5-12)14-7-2-1-6-13(11)14/h1-2,6-9,12H,3-5,10,16H2. The monoisotopic (exact) mass is 227 g/mol. The highest BCUT2D eigenvalue weighted by molar-refractivity contribution is 5.91. The summed E-state index contributed by atoms with van der Waals surface area (Å²) < 4.78 is 6.02. The number of hydrogen-bond acceptors (Lipinski definition) is 2. The molecule has 1 saturated carbocycles. The van der Waals surface area contributed by atoms with Crippen LogP contribution in [0.5, 0.6) is 5.75 Å². The van der Waals surface area contributed by atoms with E-state index in [9.17, 15) is 0 Å². The number of ether oxygens (including phenoxy) is 1. The molecule has 2 aromatic rings. The third kappa shape index (κ3) is 1.89. The molecule has 1 aliphatic carbocycles. The number of hydrogen-bond donors (Lipinski definition) is 1. The largest absolute Gasteiger partial charge is 0.490 e. The summed E-state index contributed by atoms with van der Waals surface area (Å²) in [6, 6.07) is 12.5. The van der Waals surface area contributed by atoms with Crippen LogP contribution in [0, 0.1) is 0 Å². The van der Waals surface area contributed by atoms with Gasteiger partial charge in [0.25, 0.3) is 0 Å². The van der Waals surface area contributed by atoms with Gasteiger partial charge in [-0.1, -0.05) is 30.3 Å². The fourth-order valence-corrected chi connectivity index (χ4v) is 2.28. The van der Waals surface area contributed by atoms with Crippen LogP contribution in [0.2, 0.25) is 0 Å². The maximum atomic E-state index is 6.02. The summed E-state index contributed by atoms with van der Waals surface area (Å²) in [5.41, 5.74) is 6.95. The highest BCUT2D eigenvalue weighted by atomic mass is 16.5. The lowest BCUT2D eigenvalue weighted by molar-refractivity contribution is 0.122. The molecule has 1 fully saturated rings. The van der Waals surface area contributed by atoms with Crippen molar-refractivity contribution in [2.24, 2.45) is 5.73 Å². The average molecular weight is 227 g/mol. The molecule has 0 spiro atoms. The summed E-state index contributed by atoms with van der Waals surface area (Å²) in [5.74, 6) is 1.00. The van der Waals surface area contributed by atoms with Crippen molar-refractivity contribution in [2.45, 2.75) is 31.9 Å². The molecule has 17 heavy (non-hydrogen) atoms. The van der Waals surface area contributed by atoms with Gasteiger partial charge >= 0.3 is 0 Å². The van der Waals surface area contributed by atoms with E-state index in [1.54, 1.807) is 0 Å². The molecule has 1 aliphatic rings. The van der Waals surface area contributed by atoms with Gasteiger partial charge < -0.3 is 10.5 Å². The summed E-state index contributed by atoms with van der Waals surface area (Å²) in [4.78, 5) is 0. The first-order valence-corrected chi connectivity index (χ1v) is 6.26. The Bertz CT molecular complexity index is 531. The van der Waals surface area contributed by atoms with E-state index < -0.39 is 0 Å². The van der Waals surface area contributed by atoms with Gasteiger partial charge in [-0.25, -0.2) is 0 Å². The van der Waals surface area contributed by atoms with Crippen molar-refractivity contribution in [3.8, 4) is 5.75 Å². The third-order valence-electron chi connectivity index (χ3n) is 3.54. The van der Waals surface area contributed by atoms with Gasteiger partial charge in [-0.05, 0) is 36.3 Å². The minimum Gasteiger partial charge on any atom is -0.490 e. The summed E-state index contributed by atoms with van der Waals surface area (Å²) in [6.07, 6.45) is 4.09. The van der Waals surface area contributed by atoms with E-state index in [1.165, 1.54) is 35.6 Å². The van der Waals surface area contributed by atoms with Crippen molar-refractivity contribution in [3.05, 3.63) is 42.0 Å². The third-order valence-corrected chi connectivity index (χ3v) is 3.54. The Labute approximate surface area is 101 Å². The highest BCUT2D eigenvalue weighted by Gasteiger charge is 2.20. The van der Waals surface area contributed by atoms with Crippen molar-refractivity contribution in [1.29, 1.82) is 0 Å². The second-order valence-corrected chi connectivity index (χ2v) is 4.64. The Hall–Kier alpha value is -1.54. The lowest BCUT2D eigenvalue weighted by Crippen LogP contribution is -2.24. The molecule has 0 bridgehead atoms. The van der Waals surface area contributed by atoms with Gasteiger partial charge in [0.05, 0.1) is 6.10 Å². The quantitative estimate of drug-likeness (QED) is 0.873. The Morgan fingerprint density at radius 2 is 1.82 bits per heavy atom. The second-order valence-electron chi connectivity index (χ2n) is 4.64. The normalized spacial score (nSPS) is 15.8. The molecule has 0 heterocycles. The minimum atomic E-state index is 0.419. The average Bonchev–Trinajstić information content (AvgIpc) is 2.33. The molecule has 2 heteroatoms. The lowest BCUT2D eigenvalue weighted by Gasteiger charge is -2.27. The van der Waals surface area contributed by atoms with Crippen LogP contribution in [-0.4, -0.2) is 6.10 Å². The molecule has 0 aromatic heterocycles. The molecule has 0 amide bonds. The van der Waals surface area contributed by atoms with Crippen LogP contribution in [0.1, 0.15) is 24.8 Å². The minimum absolute atomic E-state index is 0.419. The second kappa shape index (κ2) is 4.38. The zero-order chi connectivity index (χ0) is 11.7. The van der Waals surface area contributed by atoms with Gasteiger partial charge in [0.15, 0.2) is 0 Å². The summed E-state index contributed by atoms with van der Waals surface area (Å²) in [7, 11) is 0. The van der Waals surface area contributed by atoms with E-state index in [2.05, 4.69) is 36.4 Å². The molecule has 0 atom stereocenters. The van der Waals surface area contributed by atoms with Gasteiger partial charge in [0.2, 0.25) is 0 Å². The lowest BCUT2D eigenvalue weighted by atomic mass is 9.96. The maximum absolute atomic E-state index is 6.02. The molecular formula is C15H17NO. The van der Waals surface area contributed by atoms with E-state index >= 15 is 0 Å². The van der Waals surface area contributed by atoms with Gasteiger partial charge in [-0.2, -0.15) is 0 Å². The molecule has 0 unspecified atom stereocenters. The Balaban J connectivity index is 2.05. The molecule has 2 N–H and O–H groups in total. The molecule has 3 rings (SSSR count). The van der Waals surface area contributed by atoms with Crippen LogP contribution in [-0.2, 0) is 6.54 Å². The predicted molar refractivity (Wildman–Crippen MR) is 70.1 cm³/mol. The number of benzene rings is 2. The van der Waals surface area contributed by atoms with Crippen LogP contribution < -0.4 is 10.5 Å². The first-order valence-electron chi connectivity index (χ1n) is 6.26. The van der Waals surface area contributed by atoms with Crippen LogP contribution in [0.25, 0.3) is 10.8 Å². The van der Waals surface area contributed by atoms with Gasteiger partial charge in [0, 0.05) is 11.9 Å². The van der Waals surface area contributed by atoms with E-state index in [1.807, 2.05) is 0 Å². The zero-order valence-corrected chi connectivity index (χ0v) is 9.86. The van der Waals surface area contributed by atoms with Crippen molar-refractivity contribution in [1.82, 2.24) is 0 Å². The fraction of sp³-hybridized carbons (Fsp3) is 0.333. The summed E-state index contributed by atoms with van der Waals surface area (Å²) in [5, 5.41) is 2.40. The molecule has 88 valence electrons. The van der Waals surface area contributed by atoms with Crippen LogP contribution in [0.3, 0.4) is 0 Å². The van der Waals surface area contributed by atoms with Gasteiger partial charge in [-0.3, -0.25) is 0 Å². The molecule has 0 radical (unpaired) electrons. The van der Waals surface area contributed by atoms with Crippen LogP contribution >= 0.6 is 0 Å². The van der Waals surface area contributed by atoms with Crippen LogP contribution in [0.15, 0.2) is 36.4 Å². The predicted octanol–water partition coefficient (Wildman–Crippen LogP) is 3.23. The van der Waals surface area contributed by atoms with Crippen molar-refractivity contribution < 1.29 is 4.74 Å².